The molecule has 2 N–H and O–H groups in total. The van der Waals surface area contributed by atoms with Crippen molar-refractivity contribution in [3.05, 3.63) is 129 Å². The van der Waals surface area contributed by atoms with Crippen molar-refractivity contribution in [3.63, 3.8) is 0 Å². The van der Waals surface area contributed by atoms with Crippen molar-refractivity contribution in [1.29, 1.82) is 0 Å². The Morgan fingerprint density at radius 1 is 0.884 bits per heavy atom. The van der Waals surface area contributed by atoms with Crippen molar-refractivity contribution < 1.29 is 46.1 Å². The topological polar surface area (TPSA) is 94.7 Å². The summed E-state index contributed by atoms with van der Waals surface area (Å²) in [5.74, 6) is -12.4. The first-order valence-electron chi connectivity index (χ1n) is 12.9. The maximum atomic E-state index is 14.1. The minimum absolute atomic E-state index is 0.0147. The van der Waals surface area contributed by atoms with E-state index in [9.17, 15) is 37.1 Å². The highest BCUT2D eigenvalue weighted by Gasteiger charge is 2.33. The van der Waals surface area contributed by atoms with Gasteiger partial charge in [0.1, 0.15) is 5.56 Å². The average molecular weight is 619 g/mol. The van der Waals surface area contributed by atoms with E-state index in [1.165, 1.54) is 42.2 Å². The largest absolute Gasteiger partial charge is 0.618 e. The van der Waals surface area contributed by atoms with E-state index in [1.54, 1.807) is 30.3 Å². The molecule has 0 aliphatic carbocycles. The van der Waals surface area contributed by atoms with Gasteiger partial charge in [-0.25, -0.2) is 22.0 Å². The molecule has 13 heteroatoms. The molecule has 1 saturated heterocycles. The third-order valence-corrected chi connectivity index (χ3v) is 7.85. The highest BCUT2D eigenvalue weighted by Crippen LogP contribution is 2.39. The van der Waals surface area contributed by atoms with Crippen molar-refractivity contribution in [3.8, 4) is 0 Å². The molecule has 224 valence electrons. The summed E-state index contributed by atoms with van der Waals surface area (Å²) in [6.45, 7) is -0.115. The normalized spacial score (nSPS) is 18.4. The van der Waals surface area contributed by atoms with Crippen LogP contribution in [0.3, 0.4) is 0 Å². The summed E-state index contributed by atoms with van der Waals surface area (Å²) in [5.41, 5.74) is 0.492. The van der Waals surface area contributed by atoms with E-state index in [1.807, 2.05) is 12.1 Å². The van der Waals surface area contributed by atoms with Gasteiger partial charge < -0.3 is 25.1 Å². The number of hydrogen-bond acceptors (Lipinski definition) is 6. The van der Waals surface area contributed by atoms with Crippen LogP contribution >= 0.6 is 11.8 Å². The van der Waals surface area contributed by atoms with Crippen molar-refractivity contribution in [1.82, 2.24) is 0 Å². The molecular weight excluding hydrogens is 595 g/mol. The highest BCUT2D eigenvalue weighted by atomic mass is 32.2. The predicted octanol–water partition coefficient (Wildman–Crippen LogP) is 6.10. The fourth-order valence-electron chi connectivity index (χ4n) is 4.45. The summed E-state index contributed by atoms with van der Waals surface area (Å²) >= 11 is 1.32. The molecule has 0 spiro atoms. The fraction of sp³-hybridized carbons (Fsp3) is 0.200. The van der Waals surface area contributed by atoms with Gasteiger partial charge in [-0.15, -0.1) is 0 Å². The number of ether oxygens (including phenoxy) is 2. The summed E-state index contributed by atoms with van der Waals surface area (Å²) in [6, 6.07) is 18.1. The lowest BCUT2D eigenvalue weighted by Gasteiger charge is -2.36. The number of anilines is 1. The number of carbonyl (C=O) groups excluding carboxylic acids is 1. The quantitative estimate of drug-likeness (QED) is 0.0620. The zero-order valence-corrected chi connectivity index (χ0v) is 22.9. The molecule has 1 aliphatic rings. The molecule has 4 aromatic rings. The Hall–Kier alpha value is -4.04. The number of amides is 1. The maximum Gasteiger partial charge on any atom is 0.261 e. The second-order valence-corrected chi connectivity index (χ2v) is 10.6. The van der Waals surface area contributed by atoms with Gasteiger partial charge in [-0.3, -0.25) is 4.79 Å². The van der Waals surface area contributed by atoms with E-state index in [0.717, 1.165) is 15.9 Å². The Bertz CT molecular complexity index is 1600. The van der Waals surface area contributed by atoms with E-state index < -0.39 is 53.0 Å². The Balaban J connectivity index is 1.34. The molecular formula is C30H23F5N2O5S. The van der Waals surface area contributed by atoms with Gasteiger partial charge in [0.15, 0.2) is 35.8 Å². The first kappa shape index (κ1) is 30.4. The summed E-state index contributed by atoms with van der Waals surface area (Å²) < 4.78 is 81.8. The Kier molecular flexibility index (Phi) is 9.25. The zero-order valence-electron chi connectivity index (χ0n) is 22.1. The van der Waals surface area contributed by atoms with Gasteiger partial charge in [-0.1, -0.05) is 48.2 Å². The minimum Gasteiger partial charge on any atom is -0.618 e. The van der Waals surface area contributed by atoms with Crippen molar-refractivity contribution in [2.75, 3.05) is 11.1 Å². The predicted molar refractivity (Wildman–Crippen MR) is 145 cm³/mol. The molecule has 7 nitrogen and oxygen atoms in total. The number of carbonyl (C=O) groups is 1. The molecule has 3 atom stereocenters. The van der Waals surface area contributed by atoms with E-state index in [-0.39, 0.29) is 18.4 Å². The number of aromatic nitrogens is 1. The van der Waals surface area contributed by atoms with Gasteiger partial charge >= 0.3 is 0 Å². The number of benzene rings is 3. The molecule has 0 bridgehead atoms. The van der Waals surface area contributed by atoms with E-state index >= 15 is 0 Å². The number of nitrogens with one attached hydrogen (secondary N) is 1. The van der Waals surface area contributed by atoms with Crippen LogP contribution < -0.4 is 10.0 Å². The number of aliphatic hydroxyl groups excluding tert-OH is 1. The number of nitrogens with zero attached hydrogens (tertiary/aromatic N) is 1. The van der Waals surface area contributed by atoms with Crippen LogP contribution in [0.15, 0.2) is 78.0 Å². The number of rotatable bonds is 8. The van der Waals surface area contributed by atoms with Gasteiger partial charge in [0.25, 0.3) is 10.9 Å². The molecule has 1 amide bonds. The standard InChI is InChI=1S/C30H23F5N2O5S/c31-24-23(25(32)27(34)28(35)26(24)33)29(39)36-19-10-8-18(9-11-19)30-41-20(15-43-22-3-1-2-12-37(22)40)13-21(42-30)17-6-4-16(14-38)5-7-17/h1-12,20-21,30,38H,13-15H2,(H,36,39)/t20-,21+,30+/m0/s1. The molecule has 2 heterocycles. The minimum atomic E-state index is -2.36. The summed E-state index contributed by atoms with van der Waals surface area (Å²) in [5, 5.41) is 24.1. The van der Waals surface area contributed by atoms with Gasteiger partial charge in [0.2, 0.25) is 5.82 Å². The smallest absolute Gasteiger partial charge is 0.261 e. The van der Waals surface area contributed by atoms with Gasteiger partial charge in [0.05, 0.1) is 18.8 Å². The number of pyridine rings is 1. The number of aliphatic hydroxyl groups is 1. The summed E-state index contributed by atoms with van der Waals surface area (Å²) in [6.07, 6.45) is 0.190. The molecule has 3 aromatic carbocycles. The monoisotopic (exact) mass is 618 g/mol. The second kappa shape index (κ2) is 13.1. The maximum absolute atomic E-state index is 14.1. The molecule has 5 rings (SSSR count). The van der Waals surface area contributed by atoms with Crippen LogP contribution in [0.25, 0.3) is 0 Å². The van der Waals surface area contributed by atoms with Crippen molar-refractivity contribution >= 4 is 23.4 Å². The van der Waals surface area contributed by atoms with Crippen LogP contribution in [0.4, 0.5) is 27.6 Å². The zero-order chi connectivity index (χ0) is 30.7. The molecule has 1 aliphatic heterocycles. The first-order chi connectivity index (χ1) is 20.7. The highest BCUT2D eigenvalue weighted by molar-refractivity contribution is 7.99. The van der Waals surface area contributed by atoms with E-state index in [0.29, 0.717) is 22.8 Å². The third-order valence-electron chi connectivity index (χ3n) is 6.70. The lowest BCUT2D eigenvalue weighted by Crippen LogP contribution is -2.32. The number of halogens is 5. The fourth-order valence-corrected chi connectivity index (χ4v) is 5.38. The Morgan fingerprint density at radius 2 is 1.51 bits per heavy atom. The Labute approximate surface area is 246 Å². The van der Waals surface area contributed by atoms with E-state index in [2.05, 4.69) is 5.32 Å². The second-order valence-electron chi connectivity index (χ2n) is 9.55. The average Bonchev–Trinajstić information content (AvgIpc) is 3.03. The van der Waals surface area contributed by atoms with E-state index in [4.69, 9.17) is 9.47 Å². The lowest BCUT2D eigenvalue weighted by atomic mass is 10.0. The van der Waals surface area contributed by atoms with Gasteiger partial charge in [-0.2, -0.15) is 4.73 Å². The molecule has 43 heavy (non-hydrogen) atoms. The molecule has 1 fully saturated rings. The number of hydrogen-bond donors (Lipinski definition) is 2. The van der Waals surface area contributed by atoms with Crippen molar-refractivity contribution in [2.24, 2.45) is 0 Å². The first-order valence-corrected chi connectivity index (χ1v) is 13.9. The summed E-state index contributed by atoms with van der Waals surface area (Å²) in [7, 11) is 0. The van der Waals surface area contributed by atoms with Crippen LogP contribution in [-0.2, 0) is 16.1 Å². The number of thioether (sulfide) groups is 1. The Morgan fingerprint density at radius 3 is 2.14 bits per heavy atom. The van der Waals surface area contributed by atoms with Crippen LogP contribution in [0, 0.1) is 34.3 Å². The van der Waals surface area contributed by atoms with Crippen LogP contribution in [0.2, 0.25) is 0 Å². The van der Waals surface area contributed by atoms with Gasteiger partial charge in [-0.05, 0) is 29.3 Å². The molecule has 0 unspecified atom stereocenters. The molecule has 1 aromatic heterocycles. The van der Waals surface area contributed by atoms with Crippen LogP contribution in [0.1, 0.15) is 45.9 Å². The summed E-state index contributed by atoms with van der Waals surface area (Å²) in [4.78, 5) is 12.4. The molecule has 0 saturated carbocycles. The molecule has 0 radical (unpaired) electrons. The van der Waals surface area contributed by atoms with Crippen molar-refractivity contribution in [2.45, 2.75) is 36.6 Å². The SMILES string of the molecule is O=C(Nc1ccc([C@@H]2O[C@H](CSc3cccc[n+]3[O-])C[C@H](c3ccc(CO)cc3)O2)cc1)c1c(F)c(F)c(F)c(F)c1F. The van der Waals surface area contributed by atoms with Crippen LogP contribution in [0.5, 0.6) is 0 Å². The third kappa shape index (κ3) is 6.64. The van der Waals surface area contributed by atoms with Crippen LogP contribution in [-0.4, -0.2) is 22.9 Å². The van der Waals surface area contributed by atoms with Gasteiger partial charge in [0, 0.05) is 35.6 Å². The lowest BCUT2D eigenvalue weighted by molar-refractivity contribution is -0.645.